The van der Waals surface area contributed by atoms with E-state index in [2.05, 4.69) is 139 Å². The van der Waals surface area contributed by atoms with E-state index in [0.717, 1.165) is 0 Å². The van der Waals surface area contributed by atoms with Gasteiger partial charge in [0.2, 0.25) is 0 Å². The van der Waals surface area contributed by atoms with Crippen molar-refractivity contribution in [1.29, 1.82) is 0 Å². The molecule has 0 heteroatoms. The Morgan fingerprint density at radius 3 is 1.38 bits per heavy atom. The molecule has 0 heterocycles. The zero-order chi connectivity index (χ0) is 25.5. The van der Waals surface area contributed by atoms with Gasteiger partial charge in [0.15, 0.2) is 0 Å². The molecule has 0 nitrogen and oxygen atoms in total. The lowest BCUT2D eigenvalue weighted by atomic mass is 9.69. The first-order chi connectivity index (χ1) is 14.3. The van der Waals surface area contributed by atoms with Gasteiger partial charge in [0, 0.05) is 5.92 Å². The van der Waals surface area contributed by atoms with Crippen LogP contribution in [-0.4, -0.2) is 0 Å². The van der Waals surface area contributed by atoms with E-state index in [9.17, 15) is 0 Å². The molecule has 200 valence electrons. The third-order valence-electron chi connectivity index (χ3n) is 6.30. The highest BCUT2D eigenvalue weighted by molar-refractivity contribution is 5.33. The molecule has 0 spiro atoms. The van der Waals surface area contributed by atoms with Crippen molar-refractivity contribution in [1.82, 2.24) is 0 Å². The first-order valence-corrected chi connectivity index (χ1v) is 12.8. The van der Waals surface area contributed by atoms with Gasteiger partial charge in [-0.3, -0.25) is 0 Å². The number of hydrogen-bond donors (Lipinski definition) is 0. The number of allylic oxidation sites excluding steroid dienone is 10. The SMILES string of the molecule is C.C.CC.CC(C)(C)C1=CC=CC(C(C)(C)C)C=C1.CC1C=C(C(C)(C)C)C=CC1C(C)(C)C. The second-order valence-corrected chi connectivity index (χ2v) is 13.5. The quantitative estimate of drug-likeness (QED) is 0.329. The normalized spacial score (nSPS) is 22.4. The number of rotatable bonds is 0. The standard InChI is InChI=1S/C15H26.C15H24.C2H6.2CH4/c1-11-10-12(14(2,3)4)8-9-13(11)15(5,6)7;1-14(2,3)12-8-7-9-13(11-10-12)15(4,5)6;1-2;;/h8-11,13H,1-7H3;7-12H,1-6H3;1-2H3;2*1H4. The van der Waals surface area contributed by atoms with Gasteiger partial charge in [-0.05, 0) is 44.6 Å². The average molecular weight is 473 g/mol. The van der Waals surface area contributed by atoms with Gasteiger partial charge >= 0.3 is 0 Å². The Balaban J connectivity index is -0.000000499. The van der Waals surface area contributed by atoms with Gasteiger partial charge in [0.25, 0.3) is 0 Å². The molecule has 0 aromatic heterocycles. The predicted molar refractivity (Wildman–Crippen MR) is 162 cm³/mol. The molecule has 0 amide bonds. The van der Waals surface area contributed by atoms with Crippen molar-refractivity contribution in [2.75, 3.05) is 0 Å². The fourth-order valence-corrected chi connectivity index (χ4v) is 4.09. The van der Waals surface area contributed by atoms with Crippen LogP contribution in [0.4, 0.5) is 0 Å². The molecule has 3 atom stereocenters. The summed E-state index contributed by atoms with van der Waals surface area (Å²) < 4.78 is 0. The van der Waals surface area contributed by atoms with E-state index in [4.69, 9.17) is 0 Å². The van der Waals surface area contributed by atoms with Crippen molar-refractivity contribution < 1.29 is 0 Å². The highest BCUT2D eigenvalue weighted by Crippen LogP contribution is 2.40. The Hall–Kier alpha value is -1.30. The summed E-state index contributed by atoms with van der Waals surface area (Å²) >= 11 is 0. The highest BCUT2D eigenvalue weighted by Gasteiger charge is 2.30. The minimum absolute atomic E-state index is 0. The summed E-state index contributed by atoms with van der Waals surface area (Å²) in [6.45, 7) is 33.8. The number of hydrogen-bond acceptors (Lipinski definition) is 0. The van der Waals surface area contributed by atoms with Crippen molar-refractivity contribution in [3.63, 3.8) is 0 Å². The molecule has 0 bridgehead atoms. The predicted octanol–water partition coefficient (Wildman–Crippen LogP) is 11.9. The van der Waals surface area contributed by atoms with E-state index in [1.165, 1.54) is 11.1 Å². The Bertz CT molecular complexity index is 706. The minimum atomic E-state index is 0. The Kier molecular flexibility index (Phi) is 15.7. The molecule has 2 aliphatic rings. The van der Waals surface area contributed by atoms with Gasteiger partial charge in [-0.15, -0.1) is 0 Å². The van der Waals surface area contributed by atoms with Crippen molar-refractivity contribution in [2.24, 2.45) is 39.4 Å². The summed E-state index contributed by atoms with van der Waals surface area (Å²) in [4.78, 5) is 0. The first-order valence-electron chi connectivity index (χ1n) is 12.8. The van der Waals surface area contributed by atoms with Crippen molar-refractivity contribution in [3.05, 3.63) is 59.8 Å². The molecule has 0 aromatic carbocycles. The lowest BCUT2D eigenvalue weighted by Gasteiger charge is -2.36. The van der Waals surface area contributed by atoms with E-state index in [0.29, 0.717) is 28.6 Å². The maximum absolute atomic E-state index is 2.45. The molecular weight excluding hydrogens is 408 g/mol. The average Bonchev–Trinajstić information content (AvgIpc) is 2.88. The molecule has 0 N–H and O–H groups in total. The Morgan fingerprint density at radius 1 is 0.588 bits per heavy atom. The van der Waals surface area contributed by atoms with E-state index >= 15 is 0 Å². The molecule has 0 radical (unpaired) electrons. The molecule has 2 rings (SSSR count). The highest BCUT2D eigenvalue weighted by atomic mass is 14.3. The van der Waals surface area contributed by atoms with Crippen LogP contribution in [0.25, 0.3) is 0 Å². The second-order valence-electron chi connectivity index (χ2n) is 13.5. The minimum Gasteiger partial charge on any atom is -0.0800 e. The largest absolute Gasteiger partial charge is 0.0800 e. The molecule has 34 heavy (non-hydrogen) atoms. The van der Waals surface area contributed by atoms with Crippen molar-refractivity contribution in [3.8, 4) is 0 Å². The summed E-state index contributed by atoms with van der Waals surface area (Å²) in [7, 11) is 0. The summed E-state index contributed by atoms with van der Waals surface area (Å²) in [5, 5.41) is 0. The van der Waals surface area contributed by atoms with Crippen LogP contribution in [0.2, 0.25) is 0 Å². The van der Waals surface area contributed by atoms with E-state index in [1.807, 2.05) is 13.8 Å². The van der Waals surface area contributed by atoms with Crippen LogP contribution in [0, 0.1) is 39.4 Å². The molecule has 0 saturated heterocycles. The van der Waals surface area contributed by atoms with Crippen LogP contribution in [0.1, 0.15) is 119 Å². The van der Waals surface area contributed by atoms with E-state index in [-0.39, 0.29) is 25.7 Å². The van der Waals surface area contributed by atoms with Crippen LogP contribution in [0.15, 0.2) is 59.8 Å². The maximum Gasteiger partial charge on any atom is 0.000147 e. The van der Waals surface area contributed by atoms with Crippen molar-refractivity contribution >= 4 is 0 Å². The summed E-state index contributed by atoms with van der Waals surface area (Å²) in [5.41, 5.74) is 4.10. The zero-order valence-corrected chi connectivity index (χ0v) is 24.4. The maximum atomic E-state index is 2.45. The summed E-state index contributed by atoms with van der Waals surface area (Å²) in [6, 6.07) is 0. The van der Waals surface area contributed by atoms with E-state index in [1.54, 1.807) is 0 Å². The third-order valence-corrected chi connectivity index (χ3v) is 6.30. The molecule has 0 saturated carbocycles. The smallest absolute Gasteiger partial charge is 0.000147 e. The molecule has 0 aromatic rings. The van der Waals surface area contributed by atoms with Gasteiger partial charge in [-0.1, -0.05) is 167 Å². The third kappa shape index (κ3) is 12.4. The van der Waals surface area contributed by atoms with Crippen LogP contribution < -0.4 is 0 Å². The van der Waals surface area contributed by atoms with Gasteiger partial charge in [-0.2, -0.15) is 0 Å². The summed E-state index contributed by atoms with van der Waals surface area (Å²) in [6.07, 6.45) is 18.6. The van der Waals surface area contributed by atoms with E-state index < -0.39 is 0 Å². The van der Waals surface area contributed by atoms with Gasteiger partial charge in [0.1, 0.15) is 0 Å². The van der Waals surface area contributed by atoms with Gasteiger partial charge < -0.3 is 0 Å². The molecule has 0 fully saturated rings. The molecule has 0 aliphatic heterocycles. The fourth-order valence-electron chi connectivity index (χ4n) is 4.09. The van der Waals surface area contributed by atoms with Crippen LogP contribution in [0.5, 0.6) is 0 Å². The molecular formula is C34H64. The van der Waals surface area contributed by atoms with Gasteiger partial charge in [-0.25, -0.2) is 0 Å². The Labute approximate surface area is 217 Å². The Morgan fingerprint density at radius 2 is 1.03 bits per heavy atom. The summed E-state index contributed by atoms with van der Waals surface area (Å²) in [5.74, 6) is 1.86. The lowest BCUT2D eigenvalue weighted by Crippen LogP contribution is -2.27. The van der Waals surface area contributed by atoms with Gasteiger partial charge in [0.05, 0.1) is 0 Å². The molecule has 3 unspecified atom stereocenters. The topological polar surface area (TPSA) is 0 Å². The van der Waals surface area contributed by atoms with Crippen LogP contribution in [0.3, 0.4) is 0 Å². The first kappa shape index (κ1) is 37.3. The lowest BCUT2D eigenvalue weighted by molar-refractivity contribution is 0.241. The van der Waals surface area contributed by atoms with Crippen LogP contribution in [-0.2, 0) is 0 Å². The monoisotopic (exact) mass is 473 g/mol. The molecule has 2 aliphatic carbocycles. The second kappa shape index (κ2) is 14.3. The van der Waals surface area contributed by atoms with Crippen LogP contribution >= 0.6 is 0 Å². The van der Waals surface area contributed by atoms with Crippen molar-refractivity contribution in [2.45, 2.75) is 119 Å². The zero-order valence-electron chi connectivity index (χ0n) is 24.4. The fraction of sp³-hybridized carbons (Fsp3) is 0.706.